The Labute approximate surface area is 178 Å². The van der Waals surface area contributed by atoms with E-state index in [1.54, 1.807) is 17.0 Å². The van der Waals surface area contributed by atoms with E-state index < -0.39 is 0 Å². The zero-order valence-corrected chi connectivity index (χ0v) is 17.5. The van der Waals surface area contributed by atoms with Crippen LogP contribution in [0.15, 0.2) is 53.4 Å². The van der Waals surface area contributed by atoms with Gasteiger partial charge in [-0.15, -0.1) is 0 Å². The third-order valence-electron chi connectivity index (χ3n) is 4.99. The Bertz CT molecular complexity index is 1030. The van der Waals surface area contributed by atoms with Crippen molar-refractivity contribution in [2.45, 2.75) is 26.3 Å². The number of benzene rings is 2. The van der Waals surface area contributed by atoms with Gasteiger partial charge in [0.15, 0.2) is 0 Å². The number of hydrogen-bond donors (Lipinski definition) is 0. The molecule has 0 spiro atoms. The van der Waals surface area contributed by atoms with Gasteiger partial charge in [0.2, 0.25) is 0 Å². The van der Waals surface area contributed by atoms with Crippen molar-refractivity contribution in [2.75, 3.05) is 11.4 Å². The van der Waals surface area contributed by atoms with E-state index in [1.807, 2.05) is 24.3 Å². The lowest BCUT2D eigenvalue weighted by atomic mass is 10.1. The van der Waals surface area contributed by atoms with Gasteiger partial charge in [0.25, 0.3) is 11.8 Å². The van der Waals surface area contributed by atoms with E-state index in [0.717, 1.165) is 41.4 Å². The van der Waals surface area contributed by atoms with E-state index in [4.69, 9.17) is 12.2 Å². The molecule has 0 unspecified atom stereocenters. The summed E-state index contributed by atoms with van der Waals surface area (Å²) in [6, 6.07) is 13.5. The van der Waals surface area contributed by atoms with E-state index >= 15 is 0 Å². The smallest absolute Gasteiger partial charge is 0.267 e. The fourth-order valence-electron chi connectivity index (χ4n) is 3.50. The lowest BCUT2D eigenvalue weighted by Gasteiger charge is -2.16. The van der Waals surface area contributed by atoms with E-state index in [-0.39, 0.29) is 24.2 Å². The Morgan fingerprint density at radius 2 is 1.72 bits per heavy atom. The Morgan fingerprint density at radius 3 is 2.45 bits per heavy atom. The largest absolute Gasteiger partial charge is 0.308 e. The number of carbonyl (C=O) groups is 2. The minimum atomic E-state index is -0.332. The predicted molar refractivity (Wildman–Crippen MR) is 118 cm³/mol. The van der Waals surface area contributed by atoms with Crippen molar-refractivity contribution in [3.05, 3.63) is 70.4 Å². The number of nitrogens with zero attached hydrogens (tertiary/aromatic N) is 2. The molecule has 148 valence electrons. The van der Waals surface area contributed by atoms with Crippen LogP contribution in [-0.4, -0.2) is 27.6 Å². The fourth-order valence-corrected chi connectivity index (χ4v) is 4.82. The van der Waals surface area contributed by atoms with Crippen LogP contribution in [0.5, 0.6) is 0 Å². The Kier molecular flexibility index (Phi) is 5.52. The van der Waals surface area contributed by atoms with Gasteiger partial charge in [-0.3, -0.25) is 14.5 Å². The molecule has 4 rings (SSSR count). The minimum Gasteiger partial charge on any atom is -0.308 e. The first-order chi connectivity index (χ1) is 14.0. The first-order valence-electron chi connectivity index (χ1n) is 9.45. The van der Waals surface area contributed by atoms with Crippen molar-refractivity contribution >= 4 is 51.4 Å². The molecule has 0 atom stereocenters. The molecular formula is C22H19FN2O2S2. The number of fused-ring (bicyclic) bond motifs is 1. The normalized spacial score (nSPS) is 18.8. The summed E-state index contributed by atoms with van der Waals surface area (Å²) in [5.41, 5.74) is 2.81. The quantitative estimate of drug-likeness (QED) is 0.511. The molecule has 1 fully saturated rings. The number of thiocarbonyl (C=S) groups is 1. The molecular weight excluding hydrogens is 407 g/mol. The summed E-state index contributed by atoms with van der Waals surface area (Å²) in [6.45, 7) is 2.94. The highest BCUT2D eigenvalue weighted by atomic mass is 32.2. The van der Waals surface area contributed by atoms with Gasteiger partial charge >= 0.3 is 0 Å². The molecule has 2 aromatic rings. The monoisotopic (exact) mass is 426 g/mol. The number of rotatable bonds is 5. The van der Waals surface area contributed by atoms with Gasteiger partial charge in [0.1, 0.15) is 10.1 Å². The zero-order chi connectivity index (χ0) is 20.5. The third kappa shape index (κ3) is 3.60. The maximum atomic E-state index is 13.2. The van der Waals surface area contributed by atoms with Crippen molar-refractivity contribution in [1.29, 1.82) is 0 Å². The second kappa shape index (κ2) is 8.08. The Morgan fingerprint density at radius 1 is 1.00 bits per heavy atom. The van der Waals surface area contributed by atoms with Gasteiger partial charge in [-0.05, 0) is 30.2 Å². The summed E-state index contributed by atoms with van der Waals surface area (Å²) in [7, 11) is 0. The molecule has 2 heterocycles. The highest BCUT2D eigenvalue weighted by Crippen LogP contribution is 2.44. The third-order valence-corrected chi connectivity index (χ3v) is 6.44. The van der Waals surface area contributed by atoms with E-state index in [2.05, 4.69) is 6.92 Å². The summed E-state index contributed by atoms with van der Waals surface area (Å²) in [6.07, 6.45) is 1.86. The van der Waals surface area contributed by atoms with Crippen molar-refractivity contribution in [2.24, 2.45) is 0 Å². The molecule has 29 heavy (non-hydrogen) atoms. The highest BCUT2D eigenvalue weighted by Gasteiger charge is 2.41. The van der Waals surface area contributed by atoms with Crippen molar-refractivity contribution < 1.29 is 14.0 Å². The van der Waals surface area contributed by atoms with Crippen LogP contribution in [0, 0.1) is 5.82 Å². The van der Waals surface area contributed by atoms with E-state index in [1.165, 1.54) is 17.0 Å². The molecule has 0 saturated carbocycles. The van der Waals surface area contributed by atoms with Crippen LogP contribution >= 0.6 is 24.0 Å². The molecule has 2 amide bonds. The maximum Gasteiger partial charge on any atom is 0.267 e. The highest BCUT2D eigenvalue weighted by molar-refractivity contribution is 8.26. The summed E-state index contributed by atoms with van der Waals surface area (Å²) in [5.74, 6) is -0.761. The van der Waals surface area contributed by atoms with E-state index in [9.17, 15) is 14.0 Å². The van der Waals surface area contributed by atoms with E-state index in [0.29, 0.717) is 21.3 Å². The fraction of sp³-hybridized carbons (Fsp3) is 0.227. The number of anilines is 1. The Balaban J connectivity index is 1.69. The first kappa shape index (κ1) is 19.8. The van der Waals surface area contributed by atoms with Crippen LogP contribution in [0.2, 0.25) is 0 Å². The number of thioether (sulfide) groups is 1. The number of unbranched alkanes of at least 4 members (excludes halogenated alkanes) is 1. The summed E-state index contributed by atoms with van der Waals surface area (Å²) in [4.78, 5) is 30.0. The average molecular weight is 427 g/mol. The number of para-hydroxylation sites is 1. The van der Waals surface area contributed by atoms with Gasteiger partial charge in [-0.1, -0.05) is 67.7 Å². The Hall–Kier alpha value is -2.51. The number of hydrogen-bond acceptors (Lipinski definition) is 4. The van der Waals surface area contributed by atoms with Gasteiger partial charge in [0.05, 0.1) is 22.7 Å². The molecule has 0 bridgehead atoms. The van der Waals surface area contributed by atoms with Crippen LogP contribution in [0.4, 0.5) is 10.1 Å². The molecule has 1 saturated heterocycles. The molecule has 2 aliphatic heterocycles. The van der Waals surface area contributed by atoms with Crippen LogP contribution in [-0.2, 0) is 16.1 Å². The topological polar surface area (TPSA) is 40.6 Å². The van der Waals surface area contributed by atoms with Crippen LogP contribution in [0.25, 0.3) is 5.57 Å². The molecule has 2 aliphatic rings. The predicted octanol–water partition coefficient (Wildman–Crippen LogP) is 4.74. The van der Waals surface area contributed by atoms with Crippen molar-refractivity contribution in [1.82, 2.24) is 4.90 Å². The number of carbonyl (C=O) groups excluding carboxylic acids is 2. The molecule has 0 radical (unpaired) electrons. The minimum absolute atomic E-state index is 0.151. The second-order valence-corrected chi connectivity index (χ2v) is 8.56. The number of halogens is 1. The first-order valence-corrected chi connectivity index (χ1v) is 10.7. The lowest BCUT2D eigenvalue weighted by molar-refractivity contribution is -0.122. The number of amides is 2. The molecule has 0 aromatic heterocycles. The van der Waals surface area contributed by atoms with Crippen LogP contribution in [0.3, 0.4) is 0 Å². The SMILES string of the molecule is CCCCN1C(=O)/C(=C2\SC(=S)N(Cc3ccc(F)cc3)C2=O)c2ccccc21. The molecule has 0 N–H and O–H groups in total. The standard InChI is InChI=1S/C22H19FN2O2S2/c1-2-3-12-24-17-7-5-4-6-16(17)18(20(24)26)19-21(27)25(22(28)29-19)13-14-8-10-15(23)11-9-14/h4-11H,2-3,12-13H2,1H3/b19-18-. The maximum absolute atomic E-state index is 13.2. The second-order valence-electron chi connectivity index (χ2n) is 6.92. The van der Waals surface area contributed by atoms with Gasteiger partial charge in [0, 0.05) is 12.1 Å². The summed E-state index contributed by atoms with van der Waals surface area (Å²) < 4.78 is 13.6. The van der Waals surface area contributed by atoms with Gasteiger partial charge in [-0.25, -0.2) is 4.39 Å². The molecule has 0 aliphatic carbocycles. The summed E-state index contributed by atoms with van der Waals surface area (Å²) >= 11 is 6.59. The lowest BCUT2D eigenvalue weighted by Crippen LogP contribution is -2.29. The molecule has 2 aromatic carbocycles. The van der Waals surface area contributed by atoms with Crippen molar-refractivity contribution in [3.8, 4) is 0 Å². The van der Waals surface area contributed by atoms with Crippen molar-refractivity contribution in [3.63, 3.8) is 0 Å². The van der Waals surface area contributed by atoms with Gasteiger partial charge in [-0.2, -0.15) is 0 Å². The average Bonchev–Trinajstić information content (AvgIpc) is 3.15. The van der Waals surface area contributed by atoms with Crippen LogP contribution in [0.1, 0.15) is 30.9 Å². The zero-order valence-electron chi connectivity index (χ0n) is 15.9. The molecule has 7 heteroatoms. The molecule has 4 nitrogen and oxygen atoms in total. The van der Waals surface area contributed by atoms with Crippen LogP contribution < -0.4 is 4.90 Å². The van der Waals surface area contributed by atoms with Gasteiger partial charge < -0.3 is 4.90 Å². The summed E-state index contributed by atoms with van der Waals surface area (Å²) in [5, 5.41) is 0.